The van der Waals surface area contributed by atoms with Gasteiger partial charge in [0.25, 0.3) is 0 Å². The van der Waals surface area contributed by atoms with E-state index >= 15 is 0 Å². The zero-order chi connectivity index (χ0) is 15.1. The van der Waals surface area contributed by atoms with E-state index in [1.54, 1.807) is 6.20 Å². The highest BCUT2D eigenvalue weighted by Crippen LogP contribution is 2.21. The lowest BCUT2D eigenvalue weighted by Crippen LogP contribution is -2.33. The van der Waals surface area contributed by atoms with E-state index in [2.05, 4.69) is 58.3 Å². The molecule has 1 N–H and O–H groups in total. The number of hydrogen-bond acceptors (Lipinski definition) is 4. The Labute approximate surface area is 131 Å². The highest BCUT2D eigenvalue weighted by Gasteiger charge is 2.17. The second-order valence-electron chi connectivity index (χ2n) is 4.74. The van der Waals surface area contributed by atoms with Gasteiger partial charge in [-0.25, -0.2) is 9.97 Å². The monoisotopic (exact) mass is 304 g/mol. The molecule has 0 amide bonds. The summed E-state index contributed by atoms with van der Waals surface area (Å²) in [6, 6.07) is 12.7. The van der Waals surface area contributed by atoms with Gasteiger partial charge in [0, 0.05) is 12.7 Å². The van der Waals surface area contributed by atoms with Gasteiger partial charge in [0.2, 0.25) is 5.28 Å². The fraction of sp³-hybridized carbons (Fsp3) is 0.375. The average Bonchev–Trinajstić information content (AvgIpc) is 2.52. The molecule has 1 atom stereocenters. The lowest BCUT2D eigenvalue weighted by Gasteiger charge is -2.30. The van der Waals surface area contributed by atoms with Crippen molar-refractivity contribution in [2.75, 3.05) is 25.0 Å². The lowest BCUT2D eigenvalue weighted by atomic mass is 10.1. The maximum atomic E-state index is 5.82. The number of nitrogens with zero attached hydrogens (tertiary/aromatic N) is 3. The molecule has 0 aliphatic carbocycles. The summed E-state index contributed by atoms with van der Waals surface area (Å²) in [5.41, 5.74) is 1.30. The number of likely N-dealkylation sites (N-methyl/N-ethyl adjacent to an activating group) is 1. The zero-order valence-electron chi connectivity index (χ0n) is 12.5. The maximum absolute atomic E-state index is 5.82. The highest BCUT2D eigenvalue weighted by molar-refractivity contribution is 6.28. The van der Waals surface area contributed by atoms with Gasteiger partial charge in [-0.15, -0.1) is 0 Å². The van der Waals surface area contributed by atoms with Crippen LogP contribution in [0.1, 0.15) is 25.5 Å². The molecule has 1 heterocycles. The van der Waals surface area contributed by atoms with Gasteiger partial charge in [-0.05, 0) is 36.3 Å². The van der Waals surface area contributed by atoms with Crippen molar-refractivity contribution in [3.05, 3.63) is 53.4 Å². The van der Waals surface area contributed by atoms with Crippen molar-refractivity contribution in [1.29, 1.82) is 0 Å². The van der Waals surface area contributed by atoms with Crippen molar-refractivity contribution in [3.63, 3.8) is 0 Å². The van der Waals surface area contributed by atoms with Crippen molar-refractivity contribution in [2.24, 2.45) is 0 Å². The van der Waals surface area contributed by atoms with E-state index in [0.717, 1.165) is 25.5 Å². The van der Waals surface area contributed by atoms with Crippen molar-refractivity contribution in [3.8, 4) is 0 Å². The van der Waals surface area contributed by atoms with E-state index in [4.69, 9.17) is 11.6 Å². The van der Waals surface area contributed by atoms with E-state index < -0.39 is 0 Å². The fourth-order valence-electron chi connectivity index (χ4n) is 2.43. The molecular weight excluding hydrogens is 284 g/mol. The largest absolute Gasteiger partial charge is 0.368 e. The van der Waals surface area contributed by atoms with Gasteiger partial charge in [0.1, 0.15) is 5.82 Å². The summed E-state index contributed by atoms with van der Waals surface area (Å²) in [5, 5.41) is 3.62. The van der Waals surface area contributed by atoms with E-state index in [1.165, 1.54) is 5.56 Å². The normalized spacial score (nSPS) is 12.4. The zero-order valence-corrected chi connectivity index (χ0v) is 13.2. The summed E-state index contributed by atoms with van der Waals surface area (Å²) >= 11 is 5.82. The van der Waals surface area contributed by atoms with Crippen LogP contribution in [0, 0.1) is 0 Å². The van der Waals surface area contributed by atoms with Crippen molar-refractivity contribution < 1.29 is 0 Å². The van der Waals surface area contributed by atoms with Crippen LogP contribution in [0.2, 0.25) is 5.28 Å². The molecule has 4 nitrogen and oxygen atoms in total. The van der Waals surface area contributed by atoms with Gasteiger partial charge < -0.3 is 5.32 Å². The second kappa shape index (κ2) is 7.96. The number of benzene rings is 1. The quantitative estimate of drug-likeness (QED) is 0.793. The summed E-state index contributed by atoms with van der Waals surface area (Å²) in [4.78, 5) is 10.5. The number of hydrogen-bond donors (Lipinski definition) is 1. The first-order valence-electron chi connectivity index (χ1n) is 7.26. The topological polar surface area (TPSA) is 41.0 Å². The Kier molecular flexibility index (Phi) is 5.96. The minimum absolute atomic E-state index is 0.263. The molecular formula is C16H21ClN4. The predicted octanol–water partition coefficient (Wildman–Crippen LogP) is 3.63. The maximum Gasteiger partial charge on any atom is 0.224 e. The molecule has 1 unspecified atom stereocenters. The Balaban J connectivity index is 2.13. The molecule has 21 heavy (non-hydrogen) atoms. The van der Waals surface area contributed by atoms with Gasteiger partial charge in [-0.1, -0.05) is 44.2 Å². The molecule has 0 radical (unpaired) electrons. The third kappa shape index (κ3) is 4.41. The smallest absolute Gasteiger partial charge is 0.224 e. The Morgan fingerprint density at radius 1 is 1.14 bits per heavy atom. The van der Waals surface area contributed by atoms with Gasteiger partial charge in [-0.2, -0.15) is 0 Å². The highest BCUT2D eigenvalue weighted by atomic mass is 35.5. The SMILES string of the molecule is CCN(CC)C(CNc1ccnc(Cl)n1)c1ccccc1. The predicted molar refractivity (Wildman–Crippen MR) is 87.6 cm³/mol. The molecule has 112 valence electrons. The van der Waals surface area contributed by atoms with Crippen LogP contribution < -0.4 is 5.32 Å². The number of halogens is 1. The number of rotatable bonds is 7. The van der Waals surface area contributed by atoms with Crippen LogP contribution in [0.25, 0.3) is 0 Å². The minimum Gasteiger partial charge on any atom is -0.368 e. The van der Waals surface area contributed by atoms with Crippen LogP contribution in [0.3, 0.4) is 0 Å². The molecule has 0 spiro atoms. The summed E-state index contributed by atoms with van der Waals surface area (Å²) in [6.07, 6.45) is 1.66. The van der Waals surface area contributed by atoms with Gasteiger partial charge in [0.15, 0.2) is 0 Å². The van der Waals surface area contributed by atoms with Crippen LogP contribution in [0.4, 0.5) is 5.82 Å². The van der Waals surface area contributed by atoms with Crippen LogP contribution in [0.5, 0.6) is 0 Å². The van der Waals surface area contributed by atoms with Crippen molar-refractivity contribution in [1.82, 2.24) is 14.9 Å². The van der Waals surface area contributed by atoms with E-state index in [9.17, 15) is 0 Å². The summed E-state index contributed by atoms with van der Waals surface area (Å²) in [7, 11) is 0. The molecule has 0 bridgehead atoms. The minimum atomic E-state index is 0.263. The van der Waals surface area contributed by atoms with Gasteiger partial charge >= 0.3 is 0 Å². The molecule has 2 aromatic rings. The Morgan fingerprint density at radius 3 is 2.48 bits per heavy atom. The Hall–Kier alpha value is -1.65. The first kappa shape index (κ1) is 15.7. The third-order valence-corrected chi connectivity index (χ3v) is 3.72. The average molecular weight is 305 g/mol. The van der Waals surface area contributed by atoms with Crippen LogP contribution in [0.15, 0.2) is 42.6 Å². The Bertz CT molecular complexity index is 543. The first-order chi connectivity index (χ1) is 10.2. The van der Waals surface area contributed by atoms with E-state index in [0.29, 0.717) is 6.04 Å². The van der Waals surface area contributed by atoms with Crippen LogP contribution in [-0.4, -0.2) is 34.5 Å². The Morgan fingerprint density at radius 2 is 1.86 bits per heavy atom. The van der Waals surface area contributed by atoms with Crippen LogP contribution in [-0.2, 0) is 0 Å². The molecule has 0 saturated heterocycles. The number of anilines is 1. The molecule has 0 fully saturated rings. The molecule has 1 aromatic heterocycles. The molecule has 0 aliphatic rings. The second-order valence-corrected chi connectivity index (χ2v) is 5.08. The molecule has 1 aromatic carbocycles. The van der Waals surface area contributed by atoms with E-state index in [-0.39, 0.29) is 5.28 Å². The van der Waals surface area contributed by atoms with Crippen molar-refractivity contribution >= 4 is 17.4 Å². The number of aromatic nitrogens is 2. The molecule has 0 aliphatic heterocycles. The molecule has 0 saturated carbocycles. The fourth-order valence-corrected chi connectivity index (χ4v) is 2.58. The van der Waals surface area contributed by atoms with E-state index in [1.807, 2.05) is 12.1 Å². The summed E-state index contributed by atoms with van der Waals surface area (Å²) in [6.45, 7) is 7.14. The lowest BCUT2D eigenvalue weighted by molar-refractivity contribution is 0.228. The standard InChI is InChI=1S/C16H21ClN4/c1-3-21(4-2)14(13-8-6-5-7-9-13)12-19-15-10-11-18-16(17)20-15/h5-11,14H,3-4,12H2,1-2H3,(H,18,19,20). The number of nitrogens with one attached hydrogen (secondary N) is 1. The van der Waals surface area contributed by atoms with Gasteiger partial charge in [0.05, 0.1) is 6.04 Å². The summed E-state index contributed by atoms with van der Waals surface area (Å²) < 4.78 is 0. The van der Waals surface area contributed by atoms with Crippen molar-refractivity contribution in [2.45, 2.75) is 19.9 Å². The van der Waals surface area contributed by atoms with Gasteiger partial charge in [-0.3, -0.25) is 4.90 Å². The van der Waals surface area contributed by atoms with Crippen LogP contribution >= 0.6 is 11.6 Å². The third-order valence-electron chi connectivity index (χ3n) is 3.54. The molecule has 5 heteroatoms. The first-order valence-corrected chi connectivity index (χ1v) is 7.63. The summed E-state index contributed by atoms with van der Waals surface area (Å²) in [5.74, 6) is 0.753. The molecule has 2 rings (SSSR count).